The average molecular weight is 273 g/mol. The molecule has 0 aliphatic carbocycles. The van der Waals surface area contributed by atoms with Crippen LogP contribution in [0.15, 0.2) is 0 Å². The maximum absolute atomic E-state index is 11.2. The summed E-state index contributed by atoms with van der Waals surface area (Å²) in [4.78, 5) is 23.0. The van der Waals surface area contributed by atoms with Gasteiger partial charge in [-0.25, -0.2) is 0 Å². The van der Waals surface area contributed by atoms with E-state index in [0.717, 1.165) is 12.8 Å². The van der Waals surface area contributed by atoms with Gasteiger partial charge in [0.2, 0.25) is 5.91 Å². The molecule has 0 saturated carbocycles. The third-order valence-electron chi connectivity index (χ3n) is 2.54. The zero-order valence-electron chi connectivity index (χ0n) is 11.2. The molecule has 0 aliphatic rings. The van der Waals surface area contributed by atoms with Crippen LogP contribution in [0.2, 0.25) is 0 Å². The van der Waals surface area contributed by atoms with Crippen molar-refractivity contribution in [2.45, 2.75) is 32.2 Å². The molecule has 8 nitrogen and oxygen atoms in total. The van der Waals surface area contributed by atoms with E-state index in [0.29, 0.717) is 13.0 Å². The summed E-state index contributed by atoms with van der Waals surface area (Å²) in [5.74, 6) is -1.40. The van der Waals surface area contributed by atoms with E-state index in [1.807, 2.05) is 0 Å². The number of guanidine groups is 1. The molecule has 0 aromatic rings. The first-order valence-electron chi connectivity index (χ1n) is 6.13. The predicted molar refractivity (Wildman–Crippen MR) is 71.6 cm³/mol. The number of nitrogens with zero attached hydrogens (tertiary/aromatic N) is 1. The lowest BCUT2D eigenvalue weighted by molar-refractivity contribution is -0.143. The van der Waals surface area contributed by atoms with Crippen LogP contribution < -0.4 is 16.8 Å². The number of carboxylic acid groups (broad SMARTS) is 1. The minimum Gasteiger partial charge on any atom is -0.480 e. The van der Waals surface area contributed by atoms with Crippen LogP contribution in [0.5, 0.6) is 0 Å². The molecule has 0 heterocycles. The van der Waals surface area contributed by atoms with E-state index in [9.17, 15) is 9.59 Å². The van der Waals surface area contributed by atoms with E-state index < -0.39 is 5.97 Å². The van der Waals surface area contributed by atoms with Crippen LogP contribution in [-0.2, 0) is 9.59 Å². The number of carbonyl (C=O) groups excluding carboxylic acids is 1. The summed E-state index contributed by atoms with van der Waals surface area (Å²) in [6, 6.07) is -0.249. The number of hydrogen-bond acceptors (Lipinski definition) is 4. The molecular formula is C11H23N5O3. The summed E-state index contributed by atoms with van der Waals surface area (Å²) >= 11 is 0. The van der Waals surface area contributed by atoms with Crippen LogP contribution in [-0.4, -0.2) is 53.5 Å². The molecule has 1 atom stereocenters. The highest BCUT2D eigenvalue weighted by molar-refractivity contribution is 5.79. The fraction of sp³-hybridized carbons (Fsp3) is 0.727. The van der Waals surface area contributed by atoms with Gasteiger partial charge in [-0.15, -0.1) is 0 Å². The average Bonchev–Trinajstić information content (AvgIpc) is 2.26. The summed E-state index contributed by atoms with van der Waals surface area (Å²) in [5.41, 5.74) is 11.0. The Morgan fingerprint density at radius 1 is 1.42 bits per heavy atom. The lowest BCUT2D eigenvalue weighted by Gasteiger charge is -2.22. The third-order valence-corrected chi connectivity index (χ3v) is 2.54. The molecule has 19 heavy (non-hydrogen) atoms. The van der Waals surface area contributed by atoms with Gasteiger partial charge >= 0.3 is 5.97 Å². The van der Waals surface area contributed by atoms with E-state index in [2.05, 4.69) is 5.32 Å². The summed E-state index contributed by atoms with van der Waals surface area (Å²) < 4.78 is 0. The van der Waals surface area contributed by atoms with Crippen molar-refractivity contribution in [3.8, 4) is 0 Å². The van der Waals surface area contributed by atoms with Crippen molar-refractivity contribution < 1.29 is 14.7 Å². The minimum atomic E-state index is -1.05. The molecule has 0 aromatic carbocycles. The number of carboxylic acids is 1. The van der Waals surface area contributed by atoms with Crippen LogP contribution in [0.3, 0.4) is 0 Å². The van der Waals surface area contributed by atoms with Crippen LogP contribution in [0.4, 0.5) is 0 Å². The van der Waals surface area contributed by atoms with E-state index in [-0.39, 0.29) is 31.0 Å². The van der Waals surface area contributed by atoms with Gasteiger partial charge in [0.25, 0.3) is 0 Å². The molecule has 0 bridgehead atoms. The number of nitrogens with two attached hydrogens (primary N) is 2. The van der Waals surface area contributed by atoms with Gasteiger partial charge in [0, 0.05) is 26.1 Å². The van der Waals surface area contributed by atoms with Crippen LogP contribution >= 0.6 is 0 Å². The molecule has 0 rings (SSSR count). The molecule has 0 saturated heterocycles. The Kier molecular flexibility index (Phi) is 8.27. The smallest absolute Gasteiger partial charge is 0.323 e. The number of rotatable bonds is 9. The normalized spacial score (nSPS) is 11.7. The van der Waals surface area contributed by atoms with Crippen molar-refractivity contribution in [2.75, 3.05) is 19.6 Å². The van der Waals surface area contributed by atoms with E-state index in [1.54, 1.807) is 0 Å². The first-order chi connectivity index (χ1) is 8.82. The van der Waals surface area contributed by atoms with Gasteiger partial charge in [-0.05, 0) is 12.8 Å². The topological polar surface area (TPSA) is 146 Å². The van der Waals surface area contributed by atoms with Crippen LogP contribution in [0, 0.1) is 5.41 Å². The number of carbonyl (C=O) groups is 2. The fourth-order valence-corrected chi connectivity index (χ4v) is 1.60. The van der Waals surface area contributed by atoms with Gasteiger partial charge in [-0.1, -0.05) is 6.42 Å². The number of hydrogen-bond donors (Lipinski definition) is 5. The maximum Gasteiger partial charge on any atom is 0.323 e. The molecule has 1 amide bonds. The van der Waals surface area contributed by atoms with Gasteiger partial charge < -0.3 is 26.8 Å². The predicted octanol–water partition coefficient (Wildman–Crippen LogP) is -1.10. The Balaban J connectivity index is 3.86. The molecule has 8 heteroatoms. The molecule has 7 N–H and O–H groups in total. The van der Waals surface area contributed by atoms with Crippen molar-refractivity contribution >= 4 is 17.8 Å². The number of amides is 1. The molecule has 0 aromatic heterocycles. The Hall–Kier alpha value is -1.83. The molecule has 1 unspecified atom stereocenters. The zero-order valence-corrected chi connectivity index (χ0v) is 11.2. The van der Waals surface area contributed by atoms with Gasteiger partial charge in [0.1, 0.15) is 6.54 Å². The molecule has 0 radical (unpaired) electrons. The van der Waals surface area contributed by atoms with Gasteiger partial charge in [-0.2, -0.15) is 0 Å². The summed E-state index contributed by atoms with van der Waals surface area (Å²) in [7, 11) is 0. The number of nitrogens with one attached hydrogen (secondary N) is 2. The van der Waals surface area contributed by atoms with Crippen molar-refractivity contribution in [3.63, 3.8) is 0 Å². The Morgan fingerprint density at radius 2 is 2.05 bits per heavy atom. The first-order valence-corrected chi connectivity index (χ1v) is 6.13. The minimum absolute atomic E-state index is 0.0616. The second-order valence-electron chi connectivity index (χ2n) is 4.39. The van der Waals surface area contributed by atoms with Crippen molar-refractivity contribution in [1.29, 1.82) is 5.41 Å². The third kappa shape index (κ3) is 9.83. The Morgan fingerprint density at radius 3 is 2.53 bits per heavy atom. The first kappa shape index (κ1) is 17.2. The highest BCUT2D eigenvalue weighted by Gasteiger charge is 2.15. The second kappa shape index (κ2) is 9.15. The lowest BCUT2D eigenvalue weighted by atomic mass is 10.1. The molecule has 0 spiro atoms. The Labute approximate surface area is 112 Å². The molecule has 110 valence electrons. The maximum atomic E-state index is 11.2. The second-order valence-corrected chi connectivity index (χ2v) is 4.39. The molecule has 0 aliphatic heterocycles. The molecule has 0 fully saturated rings. The fourth-order valence-electron chi connectivity index (χ4n) is 1.60. The van der Waals surface area contributed by atoms with Gasteiger partial charge in [0.05, 0.1) is 0 Å². The zero-order chi connectivity index (χ0) is 14.8. The van der Waals surface area contributed by atoms with E-state index in [1.165, 1.54) is 11.8 Å². The lowest BCUT2D eigenvalue weighted by Crippen LogP contribution is -2.42. The van der Waals surface area contributed by atoms with Crippen LogP contribution in [0.25, 0.3) is 0 Å². The quantitative estimate of drug-likeness (QED) is 0.205. The highest BCUT2D eigenvalue weighted by atomic mass is 16.4. The summed E-state index contributed by atoms with van der Waals surface area (Å²) in [6.07, 6.45) is 2.32. The van der Waals surface area contributed by atoms with Crippen molar-refractivity contribution in [2.24, 2.45) is 11.5 Å². The monoisotopic (exact) mass is 273 g/mol. The summed E-state index contributed by atoms with van der Waals surface area (Å²) in [5, 5.41) is 18.3. The van der Waals surface area contributed by atoms with Gasteiger partial charge in [0.15, 0.2) is 5.96 Å². The largest absolute Gasteiger partial charge is 0.480 e. The van der Waals surface area contributed by atoms with E-state index in [4.69, 9.17) is 22.0 Å². The van der Waals surface area contributed by atoms with Gasteiger partial charge in [-0.3, -0.25) is 15.0 Å². The summed E-state index contributed by atoms with van der Waals surface area (Å²) in [6.45, 7) is 1.84. The number of aliphatic carboxylic acids is 1. The molecular weight excluding hydrogens is 250 g/mol. The van der Waals surface area contributed by atoms with Crippen molar-refractivity contribution in [1.82, 2.24) is 10.2 Å². The number of unbranched alkanes of at least 4 members (excludes halogenated alkanes) is 1. The van der Waals surface area contributed by atoms with E-state index >= 15 is 0 Å². The van der Waals surface area contributed by atoms with Crippen molar-refractivity contribution in [3.05, 3.63) is 0 Å². The standard InChI is InChI=1S/C11H23N5O3/c1-8(17)16(7-10(18)19)6-9(12)4-2-3-5-15-11(13)14/h9H,2-7,12H2,1H3,(H,18,19)(H4,13,14,15). The SMILES string of the molecule is CC(=O)N(CC(=O)O)CC(N)CCCCNC(=N)N. The highest BCUT2D eigenvalue weighted by Crippen LogP contribution is 2.01. The Bertz CT molecular complexity index is 321. The van der Waals surface area contributed by atoms with Crippen LogP contribution in [0.1, 0.15) is 26.2 Å².